The lowest BCUT2D eigenvalue weighted by atomic mass is 10.1. The van der Waals surface area contributed by atoms with E-state index >= 15 is 0 Å². The van der Waals surface area contributed by atoms with E-state index in [4.69, 9.17) is 10.5 Å². The first-order chi connectivity index (χ1) is 14.6. The molecule has 3 aromatic rings. The van der Waals surface area contributed by atoms with E-state index in [0.29, 0.717) is 5.56 Å². The van der Waals surface area contributed by atoms with Gasteiger partial charge in [-0.3, -0.25) is 19.6 Å². The summed E-state index contributed by atoms with van der Waals surface area (Å²) in [6.45, 7) is -0.121. The van der Waals surface area contributed by atoms with E-state index in [2.05, 4.69) is 9.97 Å². The van der Waals surface area contributed by atoms with E-state index < -0.39 is 5.91 Å². The van der Waals surface area contributed by atoms with Gasteiger partial charge in [-0.2, -0.15) is 0 Å². The summed E-state index contributed by atoms with van der Waals surface area (Å²) in [7, 11) is 1.62. The summed E-state index contributed by atoms with van der Waals surface area (Å²) in [5.74, 6) is 0.0132. The zero-order chi connectivity index (χ0) is 21.3. The van der Waals surface area contributed by atoms with E-state index in [1.807, 2.05) is 36.4 Å². The molecule has 1 aromatic carbocycles. The number of rotatable bonds is 5. The molecule has 154 valence electrons. The van der Waals surface area contributed by atoms with Gasteiger partial charge in [-0.25, -0.2) is 0 Å². The second-order valence-electron chi connectivity index (χ2n) is 6.78. The van der Waals surface area contributed by atoms with E-state index in [-0.39, 0.29) is 18.5 Å². The lowest BCUT2D eigenvalue weighted by Crippen LogP contribution is -2.40. The Balaban J connectivity index is 0.000000367. The van der Waals surface area contributed by atoms with Gasteiger partial charge in [-0.1, -0.05) is 12.1 Å². The fraction of sp³-hybridized carbons (Fsp3) is 0.217. The van der Waals surface area contributed by atoms with Gasteiger partial charge < -0.3 is 15.4 Å². The van der Waals surface area contributed by atoms with Crippen LogP contribution in [0.2, 0.25) is 0 Å². The van der Waals surface area contributed by atoms with Crippen molar-refractivity contribution in [3.63, 3.8) is 0 Å². The number of ether oxygens (including phenoxy) is 1. The molecule has 0 saturated carbocycles. The van der Waals surface area contributed by atoms with Crippen molar-refractivity contribution in [3.05, 3.63) is 90.0 Å². The van der Waals surface area contributed by atoms with Gasteiger partial charge in [0.1, 0.15) is 12.3 Å². The van der Waals surface area contributed by atoms with E-state index in [9.17, 15) is 9.59 Å². The normalized spacial score (nSPS) is 14.1. The first-order valence-corrected chi connectivity index (χ1v) is 9.61. The number of hydrogen-bond acceptors (Lipinski definition) is 5. The summed E-state index contributed by atoms with van der Waals surface area (Å²) in [6.07, 6.45) is 8.18. The number of aromatic nitrogens is 2. The minimum atomic E-state index is -0.533. The highest BCUT2D eigenvalue weighted by Crippen LogP contribution is 2.38. The van der Waals surface area contributed by atoms with Gasteiger partial charge in [0.2, 0.25) is 5.91 Å². The third-order valence-electron chi connectivity index (χ3n) is 4.83. The first kappa shape index (κ1) is 21.0. The van der Waals surface area contributed by atoms with Crippen LogP contribution in [-0.2, 0) is 11.2 Å². The molecular formula is C23H24N4O3. The SMILES string of the molecule is COc1ccc2c(c1)CCC2N(CC(N)=O)C(=O)c1cccnc1.c1ccncc1. The van der Waals surface area contributed by atoms with Crippen LogP contribution in [0.4, 0.5) is 0 Å². The molecule has 0 bridgehead atoms. The number of hydrogen-bond donors (Lipinski definition) is 1. The van der Waals surface area contributed by atoms with Crippen LogP contribution < -0.4 is 10.5 Å². The second kappa shape index (κ2) is 10.2. The number of carbonyl (C=O) groups excluding carboxylic acids is 2. The zero-order valence-electron chi connectivity index (χ0n) is 16.8. The maximum Gasteiger partial charge on any atom is 0.256 e. The predicted molar refractivity (Wildman–Crippen MR) is 113 cm³/mol. The van der Waals surface area contributed by atoms with Crippen LogP contribution in [0.5, 0.6) is 5.75 Å². The summed E-state index contributed by atoms with van der Waals surface area (Å²) < 4.78 is 5.25. The molecule has 0 aliphatic heterocycles. The highest BCUT2D eigenvalue weighted by atomic mass is 16.5. The molecule has 0 spiro atoms. The maximum atomic E-state index is 12.9. The number of nitrogens with two attached hydrogens (primary N) is 1. The Kier molecular flexibility index (Phi) is 7.10. The average Bonchev–Trinajstić information content (AvgIpc) is 3.22. The number of carbonyl (C=O) groups is 2. The molecule has 0 fully saturated rings. The monoisotopic (exact) mass is 404 g/mol. The zero-order valence-corrected chi connectivity index (χ0v) is 16.8. The van der Waals surface area contributed by atoms with Gasteiger partial charge in [0.25, 0.3) is 5.91 Å². The topological polar surface area (TPSA) is 98.4 Å². The van der Waals surface area contributed by atoms with E-state index in [0.717, 1.165) is 29.7 Å². The molecule has 0 saturated heterocycles. The number of fused-ring (bicyclic) bond motifs is 1. The second-order valence-corrected chi connectivity index (χ2v) is 6.78. The fourth-order valence-corrected chi connectivity index (χ4v) is 3.48. The molecule has 4 rings (SSSR count). The Labute approximate surface area is 175 Å². The van der Waals surface area contributed by atoms with Gasteiger partial charge in [-0.05, 0) is 60.4 Å². The predicted octanol–water partition coefficient (Wildman–Crippen LogP) is 2.79. The van der Waals surface area contributed by atoms with Gasteiger partial charge in [-0.15, -0.1) is 0 Å². The van der Waals surface area contributed by atoms with Crippen molar-refractivity contribution in [3.8, 4) is 5.75 Å². The van der Waals surface area contributed by atoms with Gasteiger partial charge in [0.15, 0.2) is 0 Å². The van der Waals surface area contributed by atoms with Crippen LogP contribution in [0.3, 0.4) is 0 Å². The lowest BCUT2D eigenvalue weighted by Gasteiger charge is -2.28. The van der Waals surface area contributed by atoms with Crippen molar-refractivity contribution in [1.29, 1.82) is 0 Å². The summed E-state index contributed by atoms with van der Waals surface area (Å²) >= 11 is 0. The molecular weight excluding hydrogens is 380 g/mol. The highest BCUT2D eigenvalue weighted by molar-refractivity contribution is 5.96. The maximum absolute atomic E-state index is 12.9. The largest absolute Gasteiger partial charge is 0.497 e. The molecule has 30 heavy (non-hydrogen) atoms. The van der Waals surface area contributed by atoms with Crippen LogP contribution in [0.1, 0.15) is 33.9 Å². The van der Waals surface area contributed by atoms with Crippen LogP contribution in [0.25, 0.3) is 0 Å². The molecule has 2 aromatic heterocycles. The van der Waals surface area contributed by atoms with Crippen molar-refractivity contribution in [2.24, 2.45) is 5.73 Å². The molecule has 1 aliphatic rings. The van der Waals surface area contributed by atoms with Crippen molar-refractivity contribution >= 4 is 11.8 Å². The number of aryl methyl sites for hydroxylation is 1. The van der Waals surface area contributed by atoms with Crippen molar-refractivity contribution in [1.82, 2.24) is 14.9 Å². The molecule has 1 unspecified atom stereocenters. The number of amides is 2. The summed E-state index contributed by atoms with van der Waals surface area (Å²) in [5.41, 5.74) is 7.99. The lowest BCUT2D eigenvalue weighted by molar-refractivity contribution is -0.119. The Morgan fingerprint density at radius 2 is 1.87 bits per heavy atom. The number of primary amides is 1. The minimum absolute atomic E-state index is 0.121. The van der Waals surface area contributed by atoms with Crippen molar-refractivity contribution in [2.45, 2.75) is 18.9 Å². The Morgan fingerprint density at radius 3 is 2.43 bits per heavy atom. The molecule has 1 aliphatic carbocycles. The van der Waals surface area contributed by atoms with E-state index in [1.165, 1.54) is 11.1 Å². The number of methoxy groups -OCH3 is 1. The molecule has 7 heteroatoms. The van der Waals surface area contributed by atoms with Crippen LogP contribution in [0, 0.1) is 0 Å². The number of nitrogens with zero attached hydrogens (tertiary/aromatic N) is 3. The average molecular weight is 404 g/mol. The summed E-state index contributed by atoms with van der Waals surface area (Å²) in [6, 6.07) is 14.7. The third kappa shape index (κ3) is 5.20. The molecule has 2 amide bonds. The van der Waals surface area contributed by atoms with Crippen LogP contribution >= 0.6 is 0 Å². The van der Waals surface area contributed by atoms with Gasteiger partial charge in [0, 0.05) is 24.8 Å². The van der Waals surface area contributed by atoms with Crippen molar-refractivity contribution < 1.29 is 14.3 Å². The van der Waals surface area contributed by atoms with Crippen molar-refractivity contribution in [2.75, 3.05) is 13.7 Å². The quantitative estimate of drug-likeness (QED) is 0.705. The van der Waals surface area contributed by atoms with Gasteiger partial charge >= 0.3 is 0 Å². The number of pyridine rings is 2. The Morgan fingerprint density at radius 1 is 1.10 bits per heavy atom. The molecule has 0 radical (unpaired) electrons. The summed E-state index contributed by atoms with van der Waals surface area (Å²) in [4.78, 5) is 33.7. The van der Waals surface area contributed by atoms with E-state index in [1.54, 1.807) is 37.8 Å². The standard InChI is InChI=1S/C18H19N3O3.C5H5N/c1-24-14-5-6-15-12(9-14)4-7-16(15)21(11-17(19)22)18(23)13-3-2-8-20-10-13;1-2-4-6-5-3-1/h2-3,5-6,8-10,16H,4,7,11H2,1H3,(H2,19,22);1-5H. The molecule has 1 atom stereocenters. The summed E-state index contributed by atoms with van der Waals surface area (Å²) in [5, 5.41) is 0. The fourth-order valence-electron chi connectivity index (χ4n) is 3.48. The molecule has 2 heterocycles. The Bertz CT molecular complexity index is 954. The first-order valence-electron chi connectivity index (χ1n) is 9.61. The Hall–Kier alpha value is -3.74. The smallest absolute Gasteiger partial charge is 0.256 e. The van der Waals surface area contributed by atoms with Crippen LogP contribution in [-0.4, -0.2) is 40.3 Å². The molecule has 2 N–H and O–H groups in total. The minimum Gasteiger partial charge on any atom is -0.497 e. The molecule has 7 nitrogen and oxygen atoms in total. The van der Waals surface area contributed by atoms with Gasteiger partial charge in [0.05, 0.1) is 18.7 Å². The van der Waals surface area contributed by atoms with Crippen LogP contribution in [0.15, 0.2) is 73.3 Å². The third-order valence-corrected chi connectivity index (χ3v) is 4.83. The number of benzene rings is 1. The highest BCUT2D eigenvalue weighted by Gasteiger charge is 2.32.